The molecule has 1 aromatic heterocycles. The summed E-state index contributed by atoms with van der Waals surface area (Å²) in [7, 11) is 0. The quantitative estimate of drug-likeness (QED) is 0.889. The van der Waals surface area contributed by atoms with E-state index >= 15 is 0 Å². The first kappa shape index (κ1) is 18.3. The van der Waals surface area contributed by atoms with Gasteiger partial charge in [0, 0.05) is 23.7 Å². The summed E-state index contributed by atoms with van der Waals surface area (Å²) in [6, 6.07) is 2.52. The monoisotopic (exact) mass is 340 g/mol. The highest BCUT2D eigenvalue weighted by atomic mass is 35.5. The topological polar surface area (TPSA) is 58.9 Å². The van der Waals surface area contributed by atoms with Crippen molar-refractivity contribution in [2.45, 2.75) is 76.9 Å². The summed E-state index contributed by atoms with van der Waals surface area (Å²) in [6.07, 6.45) is 4.58. The van der Waals surface area contributed by atoms with Gasteiger partial charge in [-0.05, 0) is 66.0 Å². The average Bonchev–Trinajstić information content (AvgIpc) is 3.18. The van der Waals surface area contributed by atoms with E-state index in [-0.39, 0.29) is 29.9 Å². The number of carbonyl (C=O) groups excluding carboxylic acids is 1. The highest BCUT2D eigenvalue weighted by Crippen LogP contribution is 2.41. The molecule has 23 heavy (non-hydrogen) atoms. The first-order chi connectivity index (χ1) is 10.4. The van der Waals surface area contributed by atoms with E-state index < -0.39 is 0 Å². The highest BCUT2D eigenvalue weighted by molar-refractivity contribution is 5.92. The van der Waals surface area contributed by atoms with Crippen molar-refractivity contribution >= 4 is 18.3 Å². The average molecular weight is 341 g/mol. The van der Waals surface area contributed by atoms with Gasteiger partial charge in [-0.15, -0.1) is 12.4 Å². The number of carbonyl (C=O) groups is 1. The zero-order valence-corrected chi connectivity index (χ0v) is 15.4. The minimum Gasteiger partial charge on any atom is -0.346 e. The third kappa shape index (κ3) is 4.07. The fourth-order valence-electron chi connectivity index (χ4n) is 3.20. The summed E-state index contributed by atoms with van der Waals surface area (Å²) in [6.45, 7) is 9.59. The normalized spacial score (nSPS) is 24.9. The fraction of sp³-hybridized carbons (Fsp3) is 0.765. The third-order valence-corrected chi connectivity index (χ3v) is 4.68. The zero-order valence-electron chi connectivity index (χ0n) is 14.6. The first-order valence-corrected chi connectivity index (χ1v) is 8.51. The molecule has 1 saturated heterocycles. The Morgan fingerprint density at radius 2 is 2.04 bits per heavy atom. The molecular formula is C17H29ClN4O. The van der Waals surface area contributed by atoms with Crippen LogP contribution in [0.1, 0.15) is 75.5 Å². The molecule has 2 fully saturated rings. The molecule has 2 N–H and O–H groups in total. The van der Waals surface area contributed by atoms with Crippen LogP contribution in [0.4, 0.5) is 0 Å². The Labute approximate surface area is 145 Å². The third-order valence-electron chi connectivity index (χ3n) is 4.68. The fourth-order valence-corrected chi connectivity index (χ4v) is 3.20. The molecule has 1 aromatic rings. The number of hydrogen-bond acceptors (Lipinski definition) is 3. The lowest BCUT2D eigenvalue weighted by Crippen LogP contribution is -2.52. The van der Waals surface area contributed by atoms with Gasteiger partial charge in [-0.2, -0.15) is 5.10 Å². The second kappa shape index (κ2) is 6.81. The first-order valence-electron chi connectivity index (χ1n) is 8.51. The standard InChI is InChI=1S/C17H28N4O.ClH/c1-11-13(6-5-9-18-11)19-16(22)14-10-15(12-7-8-12)21(20-14)17(2,3)4;/h10-13,18H,5-9H2,1-4H3,(H,19,22);1H. The lowest BCUT2D eigenvalue weighted by molar-refractivity contribution is 0.0913. The number of rotatable bonds is 3. The zero-order chi connectivity index (χ0) is 15.9. The second-order valence-corrected chi connectivity index (χ2v) is 7.78. The Morgan fingerprint density at radius 3 is 2.61 bits per heavy atom. The van der Waals surface area contributed by atoms with Gasteiger partial charge in [-0.25, -0.2) is 0 Å². The Hall–Kier alpha value is -1.07. The largest absolute Gasteiger partial charge is 0.346 e. The molecule has 5 nitrogen and oxygen atoms in total. The Balaban J connectivity index is 0.00000192. The van der Waals surface area contributed by atoms with E-state index in [1.54, 1.807) is 0 Å². The van der Waals surface area contributed by atoms with Crippen LogP contribution in [0.15, 0.2) is 6.07 Å². The van der Waals surface area contributed by atoms with Gasteiger partial charge in [0.15, 0.2) is 0 Å². The maximum Gasteiger partial charge on any atom is 0.272 e. The molecule has 2 heterocycles. The summed E-state index contributed by atoms with van der Waals surface area (Å²) < 4.78 is 2.04. The van der Waals surface area contributed by atoms with Crippen molar-refractivity contribution in [2.75, 3.05) is 6.54 Å². The molecule has 1 saturated carbocycles. The van der Waals surface area contributed by atoms with E-state index in [9.17, 15) is 4.79 Å². The molecule has 6 heteroatoms. The predicted molar refractivity (Wildman–Crippen MR) is 94.4 cm³/mol. The minimum absolute atomic E-state index is 0. The van der Waals surface area contributed by atoms with E-state index in [1.165, 1.54) is 18.5 Å². The molecule has 1 aliphatic carbocycles. The number of nitrogens with zero attached hydrogens (tertiary/aromatic N) is 2. The SMILES string of the molecule is CC1NCCCC1NC(=O)c1cc(C2CC2)n(C(C)(C)C)n1.Cl. The summed E-state index contributed by atoms with van der Waals surface area (Å²) in [5.74, 6) is 0.550. The van der Waals surface area contributed by atoms with E-state index in [1.807, 2.05) is 10.7 Å². The van der Waals surface area contributed by atoms with Gasteiger partial charge in [0.2, 0.25) is 0 Å². The number of aromatic nitrogens is 2. The van der Waals surface area contributed by atoms with Crippen LogP contribution in [0.25, 0.3) is 0 Å². The molecule has 3 rings (SSSR count). The van der Waals surface area contributed by atoms with E-state index in [0.29, 0.717) is 17.7 Å². The van der Waals surface area contributed by atoms with Crippen molar-refractivity contribution in [2.24, 2.45) is 0 Å². The number of nitrogens with one attached hydrogen (secondary N) is 2. The number of hydrogen-bond donors (Lipinski definition) is 2. The molecule has 1 aliphatic heterocycles. The molecule has 0 radical (unpaired) electrons. The van der Waals surface area contributed by atoms with Gasteiger partial charge in [0.05, 0.1) is 5.54 Å². The minimum atomic E-state index is -0.0872. The van der Waals surface area contributed by atoms with Crippen LogP contribution < -0.4 is 10.6 Å². The molecule has 0 aromatic carbocycles. The Bertz CT molecular complexity index is 559. The molecule has 0 bridgehead atoms. The maximum atomic E-state index is 12.6. The highest BCUT2D eigenvalue weighted by Gasteiger charge is 2.33. The van der Waals surface area contributed by atoms with Crippen LogP contribution in [0, 0.1) is 0 Å². The predicted octanol–water partition coefficient (Wildman–Crippen LogP) is 2.81. The molecular weight excluding hydrogens is 312 g/mol. The smallest absolute Gasteiger partial charge is 0.272 e. The van der Waals surface area contributed by atoms with Gasteiger partial charge in [-0.3, -0.25) is 9.48 Å². The molecule has 2 aliphatic rings. The van der Waals surface area contributed by atoms with Crippen molar-refractivity contribution in [1.29, 1.82) is 0 Å². The van der Waals surface area contributed by atoms with E-state index in [4.69, 9.17) is 0 Å². The van der Waals surface area contributed by atoms with Crippen LogP contribution in [-0.4, -0.2) is 34.3 Å². The van der Waals surface area contributed by atoms with Gasteiger partial charge in [0.25, 0.3) is 5.91 Å². The van der Waals surface area contributed by atoms with Crippen LogP contribution >= 0.6 is 12.4 Å². The summed E-state index contributed by atoms with van der Waals surface area (Å²) in [5.41, 5.74) is 1.69. The van der Waals surface area contributed by atoms with Crippen molar-refractivity contribution in [3.63, 3.8) is 0 Å². The molecule has 0 spiro atoms. The van der Waals surface area contributed by atoms with Gasteiger partial charge in [-0.1, -0.05) is 0 Å². The van der Waals surface area contributed by atoms with Crippen molar-refractivity contribution in [3.8, 4) is 0 Å². The lowest BCUT2D eigenvalue weighted by Gasteiger charge is -2.30. The lowest BCUT2D eigenvalue weighted by atomic mass is 10.00. The van der Waals surface area contributed by atoms with Crippen molar-refractivity contribution < 1.29 is 4.79 Å². The molecule has 130 valence electrons. The molecule has 1 amide bonds. The van der Waals surface area contributed by atoms with Crippen molar-refractivity contribution in [1.82, 2.24) is 20.4 Å². The number of amides is 1. The Kier molecular flexibility index (Phi) is 5.41. The Morgan fingerprint density at radius 1 is 1.35 bits per heavy atom. The number of piperidine rings is 1. The van der Waals surface area contributed by atoms with Gasteiger partial charge >= 0.3 is 0 Å². The van der Waals surface area contributed by atoms with Crippen LogP contribution in [0.2, 0.25) is 0 Å². The van der Waals surface area contributed by atoms with Gasteiger partial charge in [0.1, 0.15) is 5.69 Å². The second-order valence-electron chi connectivity index (χ2n) is 7.78. The number of halogens is 1. The van der Waals surface area contributed by atoms with Crippen LogP contribution in [0.3, 0.4) is 0 Å². The van der Waals surface area contributed by atoms with Crippen LogP contribution in [0.5, 0.6) is 0 Å². The van der Waals surface area contributed by atoms with Gasteiger partial charge < -0.3 is 10.6 Å². The van der Waals surface area contributed by atoms with E-state index in [0.717, 1.165) is 19.4 Å². The van der Waals surface area contributed by atoms with E-state index in [2.05, 4.69) is 43.4 Å². The molecule has 2 unspecified atom stereocenters. The summed E-state index contributed by atoms with van der Waals surface area (Å²) in [5, 5.41) is 11.2. The van der Waals surface area contributed by atoms with Crippen LogP contribution in [-0.2, 0) is 5.54 Å². The molecule has 2 atom stereocenters. The van der Waals surface area contributed by atoms with Crippen molar-refractivity contribution in [3.05, 3.63) is 17.5 Å². The summed E-state index contributed by atoms with van der Waals surface area (Å²) in [4.78, 5) is 12.6. The summed E-state index contributed by atoms with van der Waals surface area (Å²) >= 11 is 0. The maximum absolute atomic E-state index is 12.6.